The Bertz CT molecular complexity index is 350. The van der Waals surface area contributed by atoms with Crippen LogP contribution in [0.25, 0.3) is 10.2 Å². The highest BCUT2D eigenvalue weighted by atomic mass is 32.1. The number of rotatable bonds is 2. The topological polar surface area (TPSA) is 12.9 Å². The molecule has 2 aromatic rings. The van der Waals surface area contributed by atoms with E-state index in [1.54, 1.807) is 11.3 Å². The Morgan fingerprint density at radius 2 is 2.17 bits per heavy atom. The fraction of sp³-hybridized carbons (Fsp3) is 0.222. The molecule has 0 aliphatic carbocycles. The Morgan fingerprint density at radius 1 is 1.33 bits per heavy atom. The third-order valence-electron chi connectivity index (χ3n) is 1.65. The van der Waals surface area contributed by atoms with Crippen LogP contribution in [-0.2, 0) is 6.42 Å². The van der Waals surface area contributed by atoms with E-state index in [4.69, 9.17) is 0 Å². The van der Waals surface area contributed by atoms with E-state index in [1.807, 2.05) is 24.3 Å². The van der Waals surface area contributed by atoms with E-state index in [0.29, 0.717) is 6.42 Å². The van der Waals surface area contributed by atoms with Gasteiger partial charge in [0, 0.05) is 6.42 Å². The van der Waals surface area contributed by atoms with Crippen LogP contribution >= 0.6 is 11.3 Å². The Hall–Kier alpha value is -0.960. The summed E-state index contributed by atoms with van der Waals surface area (Å²) >= 11 is 1.57. The molecule has 0 radical (unpaired) electrons. The molecule has 0 atom stereocenters. The quantitative estimate of drug-likeness (QED) is 0.694. The second-order valence-electron chi connectivity index (χ2n) is 2.51. The van der Waals surface area contributed by atoms with Crippen molar-refractivity contribution < 1.29 is 4.39 Å². The fourth-order valence-corrected chi connectivity index (χ4v) is 2.05. The standard InChI is InChI=1S/C9H8FNS/c10-6-5-9-11-7-3-1-2-4-8(7)12-9/h1-4H,5-6H2. The van der Waals surface area contributed by atoms with Gasteiger partial charge in [-0.25, -0.2) is 4.98 Å². The van der Waals surface area contributed by atoms with Crippen molar-refractivity contribution in [3.8, 4) is 0 Å². The van der Waals surface area contributed by atoms with Crippen molar-refractivity contribution >= 4 is 21.6 Å². The van der Waals surface area contributed by atoms with Crippen molar-refractivity contribution in [3.63, 3.8) is 0 Å². The molecule has 0 N–H and O–H groups in total. The van der Waals surface area contributed by atoms with Gasteiger partial charge in [-0.2, -0.15) is 0 Å². The SMILES string of the molecule is FCCc1nc2ccccc2s1. The third kappa shape index (κ3) is 1.32. The average molecular weight is 181 g/mol. The van der Waals surface area contributed by atoms with Gasteiger partial charge in [0.25, 0.3) is 0 Å². The van der Waals surface area contributed by atoms with E-state index in [9.17, 15) is 4.39 Å². The normalized spacial score (nSPS) is 10.8. The summed E-state index contributed by atoms with van der Waals surface area (Å²) in [5.74, 6) is 0. The van der Waals surface area contributed by atoms with Crippen LogP contribution in [0.15, 0.2) is 24.3 Å². The molecular weight excluding hydrogens is 173 g/mol. The third-order valence-corrected chi connectivity index (χ3v) is 2.74. The number of hydrogen-bond acceptors (Lipinski definition) is 2. The minimum Gasteiger partial charge on any atom is -0.251 e. The van der Waals surface area contributed by atoms with Crippen molar-refractivity contribution in [3.05, 3.63) is 29.3 Å². The summed E-state index contributed by atoms with van der Waals surface area (Å²) < 4.78 is 13.1. The average Bonchev–Trinajstić information content (AvgIpc) is 2.47. The van der Waals surface area contributed by atoms with Gasteiger partial charge in [-0.15, -0.1) is 11.3 Å². The lowest BCUT2D eigenvalue weighted by molar-refractivity contribution is 0.495. The summed E-state index contributed by atoms with van der Waals surface area (Å²) in [6.07, 6.45) is 0.444. The summed E-state index contributed by atoms with van der Waals surface area (Å²) in [5, 5.41) is 0.888. The van der Waals surface area contributed by atoms with Crippen LogP contribution in [0.5, 0.6) is 0 Å². The first kappa shape index (κ1) is 7.68. The molecule has 0 saturated carbocycles. The van der Waals surface area contributed by atoms with Gasteiger partial charge in [0.15, 0.2) is 0 Å². The van der Waals surface area contributed by atoms with Crippen LogP contribution in [-0.4, -0.2) is 11.7 Å². The number of fused-ring (bicyclic) bond motifs is 1. The van der Waals surface area contributed by atoms with Gasteiger partial charge in [-0.05, 0) is 12.1 Å². The number of hydrogen-bond donors (Lipinski definition) is 0. The van der Waals surface area contributed by atoms with Crippen molar-refractivity contribution in [2.75, 3.05) is 6.67 Å². The Balaban J connectivity index is 2.47. The number of aromatic nitrogens is 1. The Kier molecular flexibility index (Phi) is 2.04. The first-order valence-corrected chi connectivity index (χ1v) is 4.62. The zero-order valence-electron chi connectivity index (χ0n) is 6.46. The lowest BCUT2D eigenvalue weighted by Gasteiger charge is -1.83. The zero-order valence-corrected chi connectivity index (χ0v) is 7.27. The molecule has 0 bridgehead atoms. The maximum absolute atomic E-state index is 12.0. The van der Waals surface area contributed by atoms with Gasteiger partial charge in [0.2, 0.25) is 0 Å². The minimum absolute atomic E-state index is 0.320. The second-order valence-corrected chi connectivity index (χ2v) is 3.63. The van der Waals surface area contributed by atoms with Crippen LogP contribution < -0.4 is 0 Å². The fourth-order valence-electron chi connectivity index (χ4n) is 1.11. The summed E-state index contributed by atoms with van der Waals surface area (Å²) in [5.41, 5.74) is 0.978. The van der Waals surface area contributed by atoms with E-state index in [2.05, 4.69) is 4.98 Å². The first-order chi connectivity index (χ1) is 5.90. The number of aryl methyl sites for hydroxylation is 1. The predicted molar refractivity (Wildman–Crippen MR) is 49.3 cm³/mol. The van der Waals surface area contributed by atoms with Gasteiger partial charge < -0.3 is 0 Å². The molecule has 1 heterocycles. The first-order valence-electron chi connectivity index (χ1n) is 3.80. The molecule has 62 valence electrons. The highest BCUT2D eigenvalue weighted by Gasteiger charge is 2.01. The van der Waals surface area contributed by atoms with Crippen LogP contribution in [0.3, 0.4) is 0 Å². The van der Waals surface area contributed by atoms with Gasteiger partial charge in [0.05, 0.1) is 21.9 Å². The van der Waals surface area contributed by atoms with E-state index >= 15 is 0 Å². The van der Waals surface area contributed by atoms with E-state index < -0.39 is 0 Å². The Morgan fingerprint density at radius 3 is 2.92 bits per heavy atom. The lowest BCUT2D eigenvalue weighted by atomic mass is 10.3. The maximum Gasteiger partial charge on any atom is 0.0964 e. The van der Waals surface area contributed by atoms with Crippen molar-refractivity contribution in [1.82, 2.24) is 4.98 Å². The van der Waals surface area contributed by atoms with Crippen molar-refractivity contribution in [2.24, 2.45) is 0 Å². The summed E-state index contributed by atoms with van der Waals surface area (Å²) in [6, 6.07) is 7.88. The number of benzene rings is 1. The largest absolute Gasteiger partial charge is 0.251 e. The molecule has 1 aromatic carbocycles. The van der Waals surface area contributed by atoms with Crippen molar-refractivity contribution in [1.29, 1.82) is 0 Å². The number of nitrogens with zero attached hydrogens (tertiary/aromatic N) is 1. The van der Waals surface area contributed by atoms with E-state index in [0.717, 1.165) is 15.2 Å². The molecule has 3 heteroatoms. The number of alkyl halides is 1. The van der Waals surface area contributed by atoms with Gasteiger partial charge in [0.1, 0.15) is 0 Å². The molecule has 0 aliphatic rings. The van der Waals surface area contributed by atoms with Crippen LogP contribution in [0.4, 0.5) is 4.39 Å². The molecule has 0 aliphatic heterocycles. The smallest absolute Gasteiger partial charge is 0.0964 e. The molecule has 0 unspecified atom stereocenters. The summed E-state index contributed by atoms with van der Waals surface area (Å²) in [7, 11) is 0. The van der Waals surface area contributed by atoms with E-state index in [-0.39, 0.29) is 6.67 Å². The minimum atomic E-state index is -0.320. The van der Waals surface area contributed by atoms with Crippen LogP contribution in [0.2, 0.25) is 0 Å². The Labute approximate surface area is 73.9 Å². The molecule has 0 amide bonds. The number of halogens is 1. The maximum atomic E-state index is 12.0. The predicted octanol–water partition coefficient (Wildman–Crippen LogP) is 2.81. The van der Waals surface area contributed by atoms with Crippen LogP contribution in [0, 0.1) is 0 Å². The number of para-hydroxylation sites is 1. The molecule has 0 spiro atoms. The number of thiazole rings is 1. The molecule has 0 saturated heterocycles. The monoisotopic (exact) mass is 181 g/mol. The van der Waals surface area contributed by atoms with Crippen LogP contribution in [0.1, 0.15) is 5.01 Å². The highest BCUT2D eigenvalue weighted by Crippen LogP contribution is 2.21. The molecule has 0 fully saturated rings. The molecule has 1 aromatic heterocycles. The van der Waals surface area contributed by atoms with Gasteiger partial charge in [-0.1, -0.05) is 12.1 Å². The molecule has 1 nitrogen and oxygen atoms in total. The lowest BCUT2D eigenvalue weighted by Crippen LogP contribution is -1.82. The molecular formula is C9H8FNS. The van der Waals surface area contributed by atoms with Gasteiger partial charge >= 0.3 is 0 Å². The van der Waals surface area contributed by atoms with Crippen molar-refractivity contribution in [2.45, 2.75) is 6.42 Å². The van der Waals surface area contributed by atoms with E-state index in [1.165, 1.54) is 0 Å². The zero-order chi connectivity index (χ0) is 8.39. The van der Waals surface area contributed by atoms with Gasteiger partial charge in [-0.3, -0.25) is 4.39 Å². The second kappa shape index (κ2) is 3.19. The summed E-state index contributed by atoms with van der Waals surface area (Å²) in [4.78, 5) is 4.28. The molecule has 12 heavy (non-hydrogen) atoms. The molecule has 2 rings (SSSR count). The highest BCUT2D eigenvalue weighted by molar-refractivity contribution is 7.18. The summed E-state index contributed by atoms with van der Waals surface area (Å²) in [6.45, 7) is -0.320.